The lowest BCUT2D eigenvalue weighted by Gasteiger charge is -2.10. The standard InChI is InChI=1S/C15H13F3O/c1-11-5-7-14(8-6-11)19-10-12-3-2-4-13(9-12)15(16,17)18/h2-9H,10H2,1H3. The van der Waals surface area contributed by atoms with E-state index in [9.17, 15) is 13.2 Å². The molecule has 0 aliphatic carbocycles. The smallest absolute Gasteiger partial charge is 0.416 e. The molecule has 0 saturated heterocycles. The predicted octanol–water partition coefficient (Wildman–Crippen LogP) is 4.59. The molecule has 1 nitrogen and oxygen atoms in total. The summed E-state index contributed by atoms with van der Waals surface area (Å²) in [6.45, 7) is 2.07. The summed E-state index contributed by atoms with van der Waals surface area (Å²) < 4.78 is 43.1. The number of ether oxygens (including phenoxy) is 1. The van der Waals surface area contributed by atoms with Crippen LogP contribution in [0.1, 0.15) is 16.7 Å². The van der Waals surface area contributed by atoms with Gasteiger partial charge in [0.15, 0.2) is 0 Å². The van der Waals surface area contributed by atoms with Gasteiger partial charge in [-0.3, -0.25) is 0 Å². The minimum Gasteiger partial charge on any atom is -0.489 e. The molecule has 0 fully saturated rings. The predicted molar refractivity (Wildman–Crippen MR) is 67.0 cm³/mol. The average Bonchev–Trinajstić information content (AvgIpc) is 2.37. The fourth-order valence-corrected chi connectivity index (χ4v) is 1.64. The van der Waals surface area contributed by atoms with E-state index in [1.54, 1.807) is 18.2 Å². The highest BCUT2D eigenvalue weighted by Crippen LogP contribution is 2.29. The van der Waals surface area contributed by atoms with Crippen LogP contribution in [0, 0.1) is 6.92 Å². The maximum absolute atomic E-state index is 12.5. The van der Waals surface area contributed by atoms with Gasteiger partial charge in [-0.05, 0) is 36.8 Å². The van der Waals surface area contributed by atoms with Crippen molar-refractivity contribution in [1.29, 1.82) is 0 Å². The van der Waals surface area contributed by atoms with Crippen LogP contribution in [0.25, 0.3) is 0 Å². The Hall–Kier alpha value is -1.97. The van der Waals surface area contributed by atoms with Crippen molar-refractivity contribution in [3.8, 4) is 5.75 Å². The zero-order valence-electron chi connectivity index (χ0n) is 10.4. The van der Waals surface area contributed by atoms with E-state index < -0.39 is 11.7 Å². The highest BCUT2D eigenvalue weighted by molar-refractivity contribution is 5.28. The number of aryl methyl sites for hydroxylation is 1. The molecule has 0 spiro atoms. The van der Waals surface area contributed by atoms with Crippen LogP contribution in [-0.4, -0.2) is 0 Å². The van der Waals surface area contributed by atoms with E-state index in [0.717, 1.165) is 17.7 Å². The zero-order chi connectivity index (χ0) is 13.9. The van der Waals surface area contributed by atoms with Crippen LogP contribution in [0.2, 0.25) is 0 Å². The van der Waals surface area contributed by atoms with Gasteiger partial charge in [-0.1, -0.05) is 29.8 Å². The van der Waals surface area contributed by atoms with Gasteiger partial charge in [0, 0.05) is 0 Å². The Labute approximate surface area is 109 Å². The fraction of sp³-hybridized carbons (Fsp3) is 0.200. The molecule has 2 aromatic carbocycles. The van der Waals surface area contributed by atoms with Crippen LogP contribution < -0.4 is 4.74 Å². The maximum Gasteiger partial charge on any atom is 0.416 e. The van der Waals surface area contributed by atoms with E-state index in [1.807, 2.05) is 19.1 Å². The summed E-state index contributed by atoms with van der Waals surface area (Å²) in [6.07, 6.45) is -4.32. The fourth-order valence-electron chi connectivity index (χ4n) is 1.64. The molecule has 0 aliphatic rings. The van der Waals surface area contributed by atoms with Crippen LogP contribution in [0.5, 0.6) is 5.75 Å². The largest absolute Gasteiger partial charge is 0.489 e. The molecule has 0 heterocycles. The van der Waals surface area contributed by atoms with Gasteiger partial charge in [0.25, 0.3) is 0 Å². The molecular weight excluding hydrogens is 253 g/mol. The van der Waals surface area contributed by atoms with Crippen molar-refractivity contribution in [2.45, 2.75) is 19.7 Å². The van der Waals surface area contributed by atoms with Crippen molar-refractivity contribution in [3.63, 3.8) is 0 Å². The van der Waals surface area contributed by atoms with Crippen LogP contribution in [0.15, 0.2) is 48.5 Å². The molecule has 19 heavy (non-hydrogen) atoms. The molecule has 0 atom stereocenters. The number of rotatable bonds is 3. The Morgan fingerprint density at radius 2 is 1.68 bits per heavy atom. The van der Waals surface area contributed by atoms with Gasteiger partial charge in [0.05, 0.1) is 5.56 Å². The molecule has 2 aromatic rings. The third-order valence-electron chi connectivity index (χ3n) is 2.68. The molecule has 0 saturated carbocycles. The van der Waals surface area contributed by atoms with E-state index in [-0.39, 0.29) is 6.61 Å². The number of halogens is 3. The Bertz CT molecular complexity index is 544. The summed E-state index contributed by atoms with van der Waals surface area (Å²) in [6, 6.07) is 12.5. The molecule has 0 radical (unpaired) electrons. The van der Waals surface area contributed by atoms with E-state index in [0.29, 0.717) is 11.3 Å². The summed E-state index contributed by atoms with van der Waals surface area (Å²) in [4.78, 5) is 0. The second-order valence-corrected chi connectivity index (χ2v) is 4.30. The molecule has 0 aliphatic heterocycles. The molecule has 2 rings (SSSR count). The van der Waals surface area contributed by atoms with Gasteiger partial charge in [-0.2, -0.15) is 13.2 Å². The Morgan fingerprint density at radius 1 is 1.00 bits per heavy atom. The normalized spacial score (nSPS) is 11.4. The van der Waals surface area contributed by atoms with Gasteiger partial charge in [0.2, 0.25) is 0 Å². The quantitative estimate of drug-likeness (QED) is 0.789. The molecule has 4 heteroatoms. The second-order valence-electron chi connectivity index (χ2n) is 4.30. The molecule has 0 unspecified atom stereocenters. The van der Waals surface area contributed by atoms with Crippen LogP contribution >= 0.6 is 0 Å². The van der Waals surface area contributed by atoms with Crippen molar-refractivity contribution < 1.29 is 17.9 Å². The van der Waals surface area contributed by atoms with Crippen molar-refractivity contribution in [1.82, 2.24) is 0 Å². The second kappa shape index (κ2) is 5.34. The van der Waals surface area contributed by atoms with Crippen LogP contribution in [0.4, 0.5) is 13.2 Å². The SMILES string of the molecule is Cc1ccc(OCc2cccc(C(F)(F)F)c2)cc1. The lowest BCUT2D eigenvalue weighted by atomic mass is 10.1. The maximum atomic E-state index is 12.5. The van der Waals surface area contributed by atoms with E-state index in [2.05, 4.69) is 0 Å². The molecule has 0 amide bonds. The highest BCUT2D eigenvalue weighted by Gasteiger charge is 2.30. The first kappa shape index (κ1) is 13.5. The monoisotopic (exact) mass is 266 g/mol. The first-order valence-electron chi connectivity index (χ1n) is 5.81. The van der Waals surface area contributed by atoms with Gasteiger partial charge in [0.1, 0.15) is 12.4 Å². The van der Waals surface area contributed by atoms with Crippen molar-refractivity contribution in [2.24, 2.45) is 0 Å². The Morgan fingerprint density at radius 3 is 2.32 bits per heavy atom. The number of benzene rings is 2. The van der Waals surface area contributed by atoms with Crippen molar-refractivity contribution >= 4 is 0 Å². The lowest BCUT2D eigenvalue weighted by Crippen LogP contribution is -2.06. The van der Waals surface area contributed by atoms with E-state index in [1.165, 1.54) is 6.07 Å². The van der Waals surface area contributed by atoms with E-state index >= 15 is 0 Å². The summed E-state index contributed by atoms with van der Waals surface area (Å²) in [5.41, 5.74) is 0.944. The molecule has 0 N–H and O–H groups in total. The highest BCUT2D eigenvalue weighted by atomic mass is 19.4. The number of hydrogen-bond acceptors (Lipinski definition) is 1. The topological polar surface area (TPSA) is 9.23 Å². The molecule has 0 bridgehead atoms. The molecule has 0 aromatic heterocycles. The summed E-state index contributed by atoms with van der Waals surface area (Å²) in [5, 5.41) is 0. The minimum atomic E-state index is -4.32. The lowest BCUT2D eigenvalue weighted by molar-refractivity contribution is -0.137. The third-order valence-corrected chi connectivity index (χ3v) is 2.68. The summed E-state index contributed by atoms with van der Waals surface area (Å²) in [5.74, 6) is 0.642. The summed E-state index contributed by atoms with van der Waals surface area (Å²) in [7, 11) is 0. The van der Waals surface area contributed by atoms with Gasteiger partial charge in [-0.25, -0.2) is 0 Å². The first-order chi connectivity index (χ1) is 8.95. The summed E-state index contributed by atoms with van der Waals surface area (Å²) >= 11 is 0. The molecular formula is C15H13F3O. The van der Waals surface area contributed by atoms with Gasteiger partial charge in [-0.15, -0.1) is 0 Å². The Kier molecular flexibility index (Phi) is 3.79. The van der Waals surface area contributed by atoms with Crippen LogP contribution in [0.3, 0.4) is 0 Å². The minimum absolute atomic E-state index is 0.118. The van der Waals surface area contributed by atoms with Crippen molar-refractivity contribution in [2.75, 3.05) is 0 Å². The van der Waals surface area contributed by atoms with Gasteiger partial charge < -0.3 is 4.74 Å². The first-order valence-corrected chi connectivity index (χ1v) is 5.81. The van der Waals surface area contributed by atoms with Gasteiger partial charge >= 0.3 is 6.18 Å². The third kappa shape index (κ3) is 3.74. The van der Waals surface area contributed by atoms with Crippen molar-refractivity contribution in [3.05, 3.63) is 65.2 Å². The average molecular weight is 266 g/mol. The Balaban J connectivity index is 2.05. The number of alkyl halides is 3. The molecule has 100 valence electrons. The van der Waals surface area contributed by atoms with E-state index in [4.69, 9.17) is 4.74 Å². The zero-order valence-corrected chi connectivity index (χ0v) is 10.4. The van der Waals surface area contributed by atoms with Crippen LogP contribution in [-0.2, 0) is 12.8 Å². The number of hydrogen-bond donors (Lipinski definition) is 0.